The van der Waals surface area contributed by atoms with Gasteiger partial charge < -0.3 is 14.9 Å². The highest BCUT2D eigenvalue weighted by atomic mass is 16.4. The van der Waals surface area contributed by atoms with Crippen molar-refractivity contribution in [3.05, 3.63) is 12.2 Å². The van der Waals surface area contributed by atoms with Crippen LogP contribution in [0.4, 0.5) is 0 Å². The maximum Gasteiger partial charge on any atom is 0.328 e. The lowest BCUT2D eigenvalue weighted by Gasteiger charge is -2.26. The molecule has 1 fully saturated rings. The van der Waals surface area contributed by atoms with E-state index in [1.807, 2.05) is 14.1 Å². The third-order valence-electron chi connectivity index (χ3n) is 2.94. The number of rotatable bonds is 4. The molecule has 1 N–H and O–H groups in total. The van der Waals surface area contributed by atoms with Crippen molar-refractivity contribution in [1.29, 1.82) is 0 Å². The molecule has 0 aromatic carbocycles. The Morgan fingerprint density at radius 3 is 2.67 bits per heavy atom. The predicted molar refractivity (Wildman–Crippen MR) is 59.9 cm³/mol. The predicted octanol–water partition coefficient (Wildman–Crippen LogP) is 0.509. The smallest absolute Gasteiger partial charge is 0.328 e. The minimum absolute atomic E-state index is 0.228. The van der Waals surface area contributed by atoms with Crippen LogP contribution < -0.4 is 0 Å². The maximum atomic E-state index is 10.5. The van der Waals surface area contributed by atoms with Gasteiger partial charge in [-0.3, -0.25) is 0 Å². The zero-order valence-corrected chi connectivity index (χ0v) is 9.68. The van der Waals surface area contributed by atoms with Gasteiger partial charge in [0.1, 0.15) is 0 Å². The number of aliphatic carboxylic acids is 1. The molecule has 1 aliphatic rings. The zero-order valence-electron chi connectivity index (χ0n) is 9.68. The molecule has 4 heteroatoms. The molecule has 1 rings (SSSR count). The van der Waals surface area contributed by atoms with E-state index in [1.165, 1.54) is 6.08 Å². The second-order valence-electron chi connectivity index (χ2n) is 4.46. The van der Waals surface area contributed by atoms with E-state index in [2.05, 4.69) is 16.8 Å². The number of hydrogen-bond acceptors (Lipinski definition) is 3. The van der Waals surface area contributed by atoms with Gasteiger partial charge in [-0.25, -0.2) is 4.79 Å². The Kier molecular flexibility index (Phi) is 4.29. The summed E-state index contributed by atoms with van der Waals surface area (Å²) >= 11 is 0. The molecular formula is C11H20N2O2. The van der Waals surface area contributed by atoms with Crippen LogP contribution in [0.5, 0.6) is 0 Å². The van der Waals surface area contributed by atoms with Gasteiger partial charge in [0.2, 0.25) is 0 Å². The molecule has 15 heavy (non-hydrogen) atoms. The first-order valence-electron chi connectivity index (χ1n) is 5.27. The minimum atomic E-state index is -0.867. The standard InChI is InChI=1S/C11H20N2O2/c1-12(2)10(4-5-11(14)15)9-6-7-13(3)8-9/h4-5,9-10H,6-8H2,1-3H3,(H,14,15)/b5-4+. The molecule has 1 heterocycles. The summed E-state index contributed by atoms with van der Waals surface area (Å²) in [6.07, 6.45) is 4.19. The van der Waals surface area contributed by atoms with Crippen molar-refractivity contribution in [3.63, 3.8) is 0 Å². The Bertz CT molecular complexity index is 251. The van der Waals surface area contributed by atoms with Gasteiger partial charge in [0.05, 0.1) is 0 Å². The highest BCUT2D eigenvalue weighted by Crippen LogP contribution is 2.21. The van der Waals surface area contributed by atoms with Crippen LogP contribution in [0.2, 0.25) is 0 Å². The molecule has 2 atom stereocenters. The van der Waals surface area contributed by atoms with Gasteiger partial charge in [0, 0.05) is 18.7 Å². The van der Waals surface area contributed by atoms with E-state index in [-0.39, 0.29) is 6.04 Å². The highest BCUT2D eigenvalue weighted by Gasteiger charge is 2.27. The van der Waals surface area contributed by atoms with Gasteiger partial charge in [-0.1, -0.05) is 6.08 Å². The molecule has 86 valence electrons. The Morgan fingerprint density at radius 2 is 2.27 bits per heavy atom. The van der Waals surface area contributed by atoms with E-state index in [0.29, 0.717) is 5.92 Å². The van der Waals surface area contributed by atoms with Crippen molar-refractivity contribution < 1.29 is 9.90 Å². The van der Waals surface area contributed by atoms with Crippen LogP contribution in [0.1, 0.15) is 6.42 Å². The number of likely N-dealkylation sites (N-methyl/N-ethyl adjacent to an activating group) is 1. The van der Waals surface area contributed by atoms with Gasteiger partial charge in [0.15, 0.2) is 0 Å². The minimum Gasteiger partial charge on any atom is -0.478 e. The van der Waals surface area contributed by atoms with Crippen molar-refractivity contribution in [2.24, 2.45) is 5.92 Å². The first-order chi connectivity index (χ1) is 7.00. The number of carboxylic acids is 1. The Balaban J connectivity index is 2.62. The van der Waals surface area contributed by atoms with Gasteiger partial charge in [-0.05, 0) is 40.0 Å². The molecule has 0 radical (unpaired) electrons. The van der Waals surface area contributed by atoms with E-state index in [9.17, 15) is 4.79 Å². The van der Waals surface area contributed by atoms with Crippen LogP contribution >= 0.6 is 0 Å². The number of carbonyl (C=O) groups is 1. The number of likely N-dealkylation sites (tertiary alicyclic amines) is 1. The summed E-state index contributed by atoms with van der Waals surface area (Å²) in [6.45, 7) is 2.16. The van der Waals surface area contributed by atoms with E-state index >= 15 is 0 Å². The third-order valence-corrected chi connectivity index (χ3v) is 2.94. The van der Waals surface area contributed by atoms with Crippen LogP contribution in [0.3, 0.4) is 0 Å². The molecule has 4 nitrogen and oxygen atoms in total. The van der Waals surface area contributed by atoms with Crippen LogP contribution in [0.25, 0.3) is 0 Å². The summed E-state index contributed by atoms with van der Waals surface area (Å²) in [5.74, 6) is -0.325. The summed E-state index contributed by atoms with van der Waals surface area (Å²) in [5.41, 5.74) is 0. The molecule has 1 aliphatic heterocycles. The summed E-state index contributed by atoms with van der Waals surface area (Å²) in [4.78, 5) is 14.9. The molecule has 1 saturated heterocycles. The molecule has 0 amide bonds. The monoisotopic (exact) mass is 212 g/mol. The van der Waals surface area contributed by atoms with Crippen molar-refractivity contribution in [2.75, 3.05) is 34.2 Å². The zero-order chi connectivity index (χ0) is 11.4. The quantitative estimate of drug-likeness (QED) is 0.690. The molecule has 0 spiro atoms. The molecular weight excluding hydrogens is 192 g/mol. The lowest BCUT2D eigenvalue weighted by atomic mass is 9.97. The average molecular weight is 212 g/mol. The molecule has 0 aromatic heterocycles. The van der Waals surface area contributed by atoms with E-state index < -0.39 is 5.97 Å². The normalized spacial score (nSPS) is 25.2. The fourth-order valence-electron chi connectivity index (χ4n) is 2.18. The van der Waals surface area contributed by atoms with Gasteiger partial charge in [-0.2, -0.15) is 0 Å². The van der Waals surface area contributed by atoms with Crippen LogP contribution in [-0.4, -0.2) is 61.2 Å². The lowest BCUT2D eigenvalue weighted by molar-refractivity contribution is -0.131. The Hall–Kier alpha value is -0.870. The molecule has 0 aliphatic carbocycles. The van der Waals surface area contributed by atoms with Crippen LogP contribution in [-0.2, 0) is 4.79 Å². The number of hydrogen-bond donors (Lipinski definition) is 1. The second kappa shape index (κ2) is 5.28. The topological polar surface area (TPSA) is 43.8 Å². The summed E-state index contributed by atoms with van der Waals surface area (Å²) in [6, 6.07) is 0.228. The maximum absolute atomic E-state index is 10.5. The summed E-state index contributed by atoms with van der Waals surface area (Å²) < 4.78 is 0. The Labute approximate surface area is 91.2 Å². The molecule has 0 saturated carbocycles. The summed E-state index contributed by atoms with van der Waals surface area (Å²) in [5, 5.41) is 8.62. The Morgan fingerprint density at radius 1 is 1.60 bits per heavy atom. The summed E-state index contributed by atoms with van der Waals surface area (Å²) in [7, 11) is 6.10. The number of carboxylic acid groups (broad SMARTS) is 1. The molecule has 2 unspecified atom stereocenters. The van der Waals surface area contributed by atoms with E-state index in [0.717, 1.165) is 19.5 Å². The second-order valence-corrected chi connectivity index (χ2v) is 4.46. The van der Waals surface area contributed by atoms with Crippen LogP contribution in [0.15, 0.2) is 12.2 Å². The van der Waals surface area contributed by atoms with Crippen molar-refractivity contribution >= 4 is 5.97 Å². The van der Waals surface area contributed by atoms with Crippen molar-refractivity contribution in [1.82, 2.24) is 9.80 Å². The SMILES string of the molecule is CN1CCC(C(/C=C/C(=O)O)N(C)C)C1. The van der Waals surface area contributed by atoms with Gasteiger partial charge >= 0.3 is 5.97 Å². The van der Waals surface area contributed by atoms with Crippen molar-refractivity contribution in [3.8, 4) is 0 Å². The number of nitrogens with zero attached hydrogens (tertiary/aromatic N) is 2. The molecule has 0 bridgehead atoms. The van der Waals surface area contributed by atoms with Crippen molar-refractivity contribution in [2.45, 2.75) is 12.5 Å². The highest BCUT2D eigenvalue weighted by molar-refractivity contribution is 5.79. The van der Waals surface area contributed by atoms with Gasteiger partial charge in [-0.15, -0.1) is 0 Å². The van der Waals surface area contributed by atoms with E-state index in [4.69, 9.17) is 5.11 Å². The average Bonchev–Trinajstić information content (AvgIpc) is 2.51. The van der Waals surface area contributed by atoms with Crippen LogP contribution in [0, 0.1) is 5.92 Å². The largest absolute Gasteiger partial charge is 0.478 e. The first-order valence-corrected chi connectivity index (χ1v) is 5.27. The molecule has 0 aromatic rings. The van der Waals surface area contributed by atoms with E-state index in [1.54, 1.807) is 6.08 Å². The van der Waals surface area contributed by atoms with Gasteiger partial charge in [0.25, 0.3) is 0 Å². The fraction of sp³-hybridized carbons (Fsp3) is 0.727. The first kappa shape index (κ1) is 12.2. The fourth-order valence-corrected chi connectivity index (χ4v) is 2.18. The lowest BCUT2D eigenvalue weighted by Crippen LogP contribution is -2.35. The third kappa shape index (κ3) is 3.64.